The minimum Gasteiger partial charge on any atom is -0.478 e. The molecule has 0 heterocycles. The van der Waals surface area contributed by atoms with Gasteiger partial charge in [-0.3, -0.25) is 14.9 Å². The molecule has 2 aromatic carbocycles. The highest BCUT2D eigenvalue weighted by Gasteiger charge is 2.29. The van der Waals surface area contributed by atoms with Crippen LogP contribution in [0.25, 0.3) is 0 Å². The lowest BCUT2D eigenvalue weighted by molar-refractivity contribution is -0.384. The number of rotatable bonds is 8. The van der Waals surface area contributed by atoms with E-state index >= 15 is 0 Å². The van der Waals surface area contributed by atoms with Crippen molar-refractivity contribution in [1.82, 2.24) is 5.32 Å². The highest BCUT2D eigenvalue weighted by atomic mass is 16.6. The number of amides is 1. The molecule has 0 saturated heterocycles. The lowest BCUT2D eigenvalue weighted by atomic mass is 9.85. The number of carbonyl (C=O) groups is 3. The zero-order valence-electron chi connectivity index (χ0n) is 16.7. The van der Waals surface area contributed by atoms with Crippen molar-refractivity contribution < 1.29 is 29.5 Å². The monoisotopic (exact) mass is 429 g/mol. The summed E-state index contributed by atoms with van der Waals surface area (Å²) >= 11 is 0. The number of carbonyl (C=O) groups excluding carboxylic acids is 1. The second-order valence-corrected chi connectivity index (χ2v) is 6.56. The number of hydrogen-bond acceptors (Lipinski definition) is 6. The second kappa shape index (κ2) is 11.8. The average molecular weight is 429 g/mol. The molecule has 1 amide bonds. The van der Waals surface area contributed by atoms with Gasteiger partial charge >= 0.3 is 11.9 Å². The van der Waals surface area contributed by atoms with Gasteiger partial charge < -0.3 is 21.3 Å². The first-order valence-corrected chi connectivity index (χ1v) is 9.01. The molecule has 0 bridgehead atoms. The molecule has 31 heavy (non-hydrogen) atoms. The predicted molar refractivity (Wildman–Crippen MR) is 112 cm³/mol. The van der Waals surface area contributed by atoms with E-state index in [-0.39, 0.29) is 18.1 Å². The Kier molecular flexibility index (Phi) is 9.54. The quantitative estimate of drug-likeness (QED) is 0.279. The molecule has 0 spiro atoms. The van der Waals surface area contributed by atoms with E-state index in [1.165, 1.54) is 12.1 Å². The zero-order chi connectivity index (χ0) is 23.4. The summed E-state index contributed by atoms with van der Waals surface area (Å²) in [6, 6.07) is 15.9. The lowest BCUT2D eigenvalue weighted by Crippen LogP contribution is -2.47. The van der Waals surface area contributed by atoms with E-state index in [9.17, 15) is 24.5 Å². The molecule has 164 valence electrons. The summed E-state index contributed by atoms with van der Waals surface area (Å²) in [4.78, 5) is 41.4. The number of non-ortho nitro benzene ring substituents is 1. The van der Waals surface area contributed by atoms with Crippen molar-refractivity contribution >= 4 is 23.5 Å². The molecule has 0 radical (unpaired) electrons. The third-order valence-corrected chi connectivity index (χ3v) is 4.06. The van der Waals surface area contributed by atoms with E-state index in [0.717, 1.165) is 11.1 Å². The Bertz CT molecular complexity index is 944. The molecule has 0 saturated carbocycles. The minimum absolute atomic E-state index is 0.0306. The van der Waals surface area contributed by atoms with Crippen LogP contribution in [0.15, 0.2) is 66.7 Å². The number of aliphatic carboxylic acids is 2. The first kappa shape index (κ1) is 25.0. The van der Waals surface area contributed by atoms with E-state index in [4.69, 9.17) is 15.9 Å². The number of carboxylic acid groups (broad SMARTS) is 2. The fourth-order valence-electron chi connectivity index (χ4n) is 2.71. The van der Waals surface area contributed by atoms with Crippen molar-refractivity contribution in [2.75, 3.05) is 6.54 Å². The van der Waals surface area contributed by atoms with Gasteiger partial charge in [0.05, 0.1) is 17.0 Å². The van der Waals surface area contributed by atoms with Crippen LogP contribution in [0.2, 0.25) is 0 Å². The smallest absolute Gasteiger partial charge is 0.328 e. The maximum absolute atomic E-state index is 11.8. The summed E-state index contributed by atoms with van der Waals surface area (Å²) < 4.78 is 0. The molecule has 10 nitrogen and oxygen atoms in total. The van der Waals surface area contributed by atoms with E-state index in [0.29, 0.717) is 18.6 Å². The van der Waals surface area contributed by atoms with E-state index < -0.39 is 22.4 Å². The van der Waals surface area contributed by atoms with Crippen molar-refractivity contribution in [2.24, 2.45) is 5.73 Å². The first-order valence-electron chi connectivity index (χ1n) is 9.01. The fraction of sp³-hybridized carbons (Fsp3) is 0.190. The van der Waals surface area contributed by atoms with Crippen LogP contribution in [0.3, 0.4) is 0 Å². The molecule has 0 aliphatic heterocycles. The number of carboxylic acids is 2. The summed E-state index contributed by atoms with van der Waals surface area (Å²) in [6.07, 6.45) is 1.54. The van der Waals surface area contributed by atoms with Gasteiger partial charge in [0.2, 0.25) is 5.91 Å². The van der Waals surface area contributed by atoms with Gasteiger partial charge in [-0.15, -0.1) is 0 Å². The Morgan fingerprint density at radius 3 is 2.13 bits per heavy atom. The van der Waals surface area contributed by atoms with Gasteiger partial charge in [-0.25, -0.2) is 9.59 Å². The summed E-state index contributed by atoms with van der Waals surface area (Å²) in [6.45, 7) is 1.77. The molecule has 2 aromatic rings. The summed E-state index contributed by atoms with van der Waals surface area (Å²) in [5.74, 6) is -2.79. The number of benzene rings is 2. The van der Waals surface area contributed by atoms with Crippen LogP contribution < -0.4 is 11.1 Å². The zero-order valence-corrected chi connectivity index (χ0v) is 16.7. The molecule has 1 unspecified atom stereocenters. The molecule has 0 aromatic heterocycles. The van der Waals surface area contributed by atoms with Gasteiger partial charge in [0.15, 0.2) is 0 Å². The number of nitrogens with two attached hydrogens (primary N) is 1. The molecular formula is C21H23N3O7. The number of hydrogen-bond donors (Lipinski definition) is 4. The number of nitro benzene ring substituents is 1. The van der Waals surface area contributed by atoms with Crippen molar-refractivity contribution in [3.05, 3.63) is 88.0 Å². The molecule has 0 aliphatic rings. The first-order chi connectivity index (χ1) is 14.6. The largest absolute Gasteiger partial charge is 0.478 e. The van der Waals surface area contributed by atoms with Crippen LogP contribution in [0.1, 0.15) is 18.1 Å². The standard InChI is InChI=1S/C17H19N3O3.C4H4O4/c1-17(19-16(21)12-18,14-7-3-2-4-8-14)11-13-6-5-9-15(10-13)20(22)23;5-3(6)1-2-4(7)8/h2-10H,11-12,18H2,1H3,(H,19,21);1-2H,(H,5,6)(H,7,8)/b;2-1-. The molecule has 2 rings (SSSR count). The fourth-order valence-corrected chi connectivity index (χ4v) is 2.71. The van der Waals surface area contributed by atoms with Gasteiger partial charge in [-0.2, -0.15) is 0 Å². The van der Waals surface area contributed by atoms with Gasteiger partial charge in [0, 0.05) is 24.3 Å². The molecule has 0 fully saturated rings. The molecule has 1 atom stereocenters. The number of nitrogens with zero attached hydrogens (tertiary/aromatic N) is 1. The Hall–Kier alpha value is -4.05. The van der Waals surface area contributed by atoms with Crippen LogP contribution in [0, 0.1) is 10.1 Å². The minimum atomic E-state index is -1.26. The van der Waals surface area contributed by atoms with Gasteiger partial charge in [-0.1, -0.05) is 42.5 Å². The molecule has 0 aliphatic carbocycles. The average Bonchev–Trinajstić information content (AvgIpc) is 2.73. The third-order valence-electron chi connectivity index (χ3n) is 4.06. The molecule has 5 N–H and O–H groups in total. The normalized spacial score (nSPS) is 12.2. The molecular weight excluding hydrogens is 406 g/mol. The summed E-state index contributed by atoms with van der Waals surface area (Å²) in [7, 11) is 0. The van der Waals surface area contributed by atoms with E-state index in [2.05, 4.69) is 5.32 Å². The second-order valence-electron chi connectivity index (χ2n) is 6.56. The summed E-state index contributed by atoms with van der Waals surface area (Å²) in [5, 5.41) is 29.5. The highest BCUT2D eigenvalue weighted by molar-refractivity contribution is 5.89. The van der Waals surface area contributed by atoms with Crippen LogP contribution in [0.5, 0.6) is 0 Å². The van der Waals surface area contributed by atoms with E-state index in [1.54, 1.807) is 6.07 Å². The van der Waals surface area contributed by atoms with Crippen molar-refractivity contribution in [2.45, 2.75) is 18.9 Å². The van der Waals surface area contributed by atoms with Crippen LogP contribution in [-0.2, 0) is 26.3 Å². The Morgan fingerprint density at radius 2 is 1.65 bits per heavy atom. The van der Waals surface area contributed by atoms with Crippen LogP contribution in [-0.4, -0.2) is 39.5 Å². The van der Waals surface area contributed by atoms with E-state index in [1.807, 2.05) is 43.3 Å². The van der Waals surface area contributed by atoms with Crippen molar-refractivity contribution in [3.8, 4) is 0 Å². The Morgan fingerprint density at radius 1 is 1.06 bits per heavy atom. The summed E-state index contributed by atoms with van der Waals surface area (Å²) in [5.41, 5.74) is 6.42. The third kappa shape index (κ3) is 8.88. The maximum atomic E-state index is 11.8. The molecule has 10 heteroatoms. The van der Waals surface area contributed by atoms with Gasteiger partial charge in [-0.05, 0) is 24.5 Å². The maximum Gasteiger partial charge on any atom is 0.328 e. The van der Waals surface area contributed by atoms with Gasteiger partial charge in [0.1, 0.15) is 0 Å². The lowest BCUT2D eigenvalue weighted by Gasteiger charge is -2.31. The van der Waals surface area contributed by atoms with Crippen molar-refractivity contribution in [3.63, 3.8) is 0 Å². The number of nitrogens with one attached hydrogen (secondary N) is 1. The predicted octanol–water partition coefficient (Wildman–Crippen LogP) is 1.84. The number of nitro groups is 1. The Balaban J connectivity index is 0.000000512. The SMILES string of the molecule is CC(Cc1cccc([N+](=O)[O-])c1)(NC(=O)CN)c1ccccc1.O=C(O)/C=C\C(=O)O. The highest BCUT2D eigenvalue weighted by Crippen LogP contribution is 2.27. The van der Waals surface area contributed by atoms with Gasteiger partial charge in [0.25, 0.3) is 5.69 Å². The van der Waals surface area contributed by atoms with Crippen LogP contribution in [0.4, 0.5) is 5.69 Å². The Labute approximate surface area is 178 Å². The topological polar surface area (TPSA) is 173 Å². The van der Waals surface area contributed by atoms with Crippen molar-refractivity contribution in [1.29, 1.82) is 0 Å². The van der Waals surface area contributed by atoms with Crippen LogP contribution >= 0.6 is 0 Å².